The van der Waals surface area contributed by atoms with Gasteiger partial charge in [-0.25, -0.2) is 13.4 Å². The van der Waals surface area contributed by atoms with Gasteiger partial charge in [0.15, 0.2) is 6.10 Å². The Morgan fingerprint density at radius 2 is 2.00 bits per heavy atom. The number of piperidine rings is 1. The highest BCUT2D eigenvalue weighted by atomic mass is 32.2. The van der Waals surface area contributed by atoms with Crippen LogP contribution in [0.5, 0.6) is 0 Å². The summed E-state index contributed by atoms with van der Waals surface area (Å²) in [7, 11) is -1.99. The van der Waals surface area contributed by atoms with E-state index in [-0.39, 0.29) is 5.91 Å². The topological polar surface area (TPSA) is 93.5 Å². The molecule has 150 valence electrons. The molecule has 3 heterocycles. The summed E-state index contributed by atoms with van der Waals surface area (Å²) in [6.45, 7) is 2.82. The first-order chi connectivity index (χ1) is 13.4. The summed E-state index contributed by atoms with van der Waals surface area (Å²) in [4.78, 5) is 17.0. The summed E-state index contributed by atoms with van der Waals surface area (Å²) in [5.74, 6) is 0.578. The number of aromatic nitrogens is 2. The standard InChI is InChI=1S/C19H24N4O4S/c1-14-5-3-4-6-16(14)28(25,26)23-10-7-19(8-11-23)18-21-9-12-22(18)13-15(27-19)17(24)20-2/h3-6,9,12,15H,7-8,10-11,13H2,1-2H3,(H,20,24). The van der Waals surface area contributed by atoms with E-state index in [0.717, 1.165) is 11.4 Å². The third-order valence-corrected chi connectivity index (χ3v) is 7.69. The number of fused-ring (bicyclic) bond motifs is 2. The van der Waals surface area contributed by atoms with Gasteiger partial charge in [-0.15, -0.1) is 0 Å². The molecule has 1 saturated heterocycles. The molecule has 1 aromatic heterocycles. The van der Waals surface area contributed by atoms with E-state index in [1.54, 1.807) is 38.4 Å². The number of aryl methyl sites for hydroxylation is 1. The maximum Gasteiger partial charge on any atom is 0.250 e. The lowest BCUT2D eigenvalue weighted by Crippen LogP contribution is -2.54. The van der Waals surface area contributed by atoms with Crippen molar-refractivity contribution in [2.75, 3.05) is 20.1 Å². The van der Waals surface area contributed by atoms with E-state index in [1.165, 1.54) is 4.31 Å². The average molecular weight is 404 g/mol. The number of amides is 1. The summed E-state index contributed by atoms with van der Waals surface area (Å²) in [6.07, 6.45) is 3.81. The molecular formula is C19H24N4O4S. The van der Waals surface area contributed by atoms with Crippen LogP contribution in [-0.4, -0.2) is 54.4 Å². The number of hydrogen-bond acceptors (Lipinski definition) is 5. The minimum Gasteiger partial charge on any atom is -0.357 e. The van der Waals surface area contributed by atoms with Crippen LogP contribution < -0.4 is 5.32 Å². The van der Waals surface area contributed by atoms with E-state index in [1.807, 2.05) is 16.8 Å². The van der Waals surface area contributed by atoms with Gasteiger partial charge >= 0.3 is 0 Å². The van der Waals surface area contributed by atoms with Gasteiger partial charge in [0.1, 0.15) is 11.4 Å². The average Bonchev–Trinajstić information content (AvgIpc) is 3.17. The highest BCUT2D eigenvalue weighted by Crippen LogP contribution is 2.41. The molecule has 1 fully saturated rings. The Labute approximate surface area is 164 Å². The zero-order chi connectivity index (χ0) is 19.9. The molecule has 1 amide bonds. The lowest BCUT2D eigenvalue weighted by molar-refractivity contribution is -0.170. The molecule has 0 aliphatic carbocycles. The Kier molecular flexibility index (Phi) is 4.76. The fourth-order valence-electron chi connectivity index (χ4n) is 4.11. The molecule has 1 N–H and O–H groups in total. The van der Waals surface area contributed by atoms with Crippen molar-refractivity contribution < 1.29 is 17.9 Å². The molecule has 2 aliphatic heterocycles. The number of imidazole rings is 1. The molecule has 2 aromatic rings. The molecule has 1 atom stereocenters. The molecule has 1 aromatic carbocycles. The second-order valence-corrected chi connectivity index (χ2v) is 9.19. The fraction of sp³-hybridized carbons (Fsp3) is 0.474. The molecule has 0 bridgehead atoms. The van der Waals surface area contributed by atoms with Crippen LogP contribution >= 0.6 is 0 Å². The van der Waals surface area contributed by atoms with Crippen LogP contribution in [0.3, 0.4) is 0 Å². The molecule has 9 heteroatoms. The van der Waals surface area contributed by atoms with E-state index in [0.29, 0.717) is 37.4 Å². The number of carbonyl (C=O) groups is 1. The minimum absolute atomic E-state index is 0.186. The number of benzene rings is 1. The summed E-state index contributed by atoms with van der Waals surface area (Å²) >= 11 is 0. The number of sulfonamides is 1. The van der Waals surface area contributed by atoms with Crippen LogP contribution in [-0.2, 0) is 31.7 Å². The van der Waals surface area contributed by atoms with Crippen LogP contribution in [0.25, 0.3) is 0 Å². The fourth-order valence-corrected chi connectivity index (χ4v) is 5.78. The van der Waals surface area contributed by atoms with E-state index in [4.69, 9.17) is 4.74 Å². The number of carbonyl (C=O) groups excluding carboxylic acids is 1. The van der Waals surface area contributed by atoms with E-state index in [2.05, 4.69) is 10.3 Å². The molecule has 4 rings (SSSR count). The Hall–Kier alpha value is -2.23. The second-order valence-electron chi connectivity index (χ2n) is 7.29. The highest BCUT2D eigenvalue weighted by Gasteiger charge is 2.48. The number of ether oxygens (including phenoxy) is 1. The van der Waals surface area contributed by atoms with Crippen molar-refractivity contribution >= 4 is 15.9 Å². The largest absolute Gasteiger partial charge is 0.357 e. The Morgan fingerprint density at radius 1 is 1.29 bits per heavy atom. The molecule has 1 spiro atoms. The normalized spacial score (nSPS) is 22.0. The van der Waals surface area contributed by atoms with Gasteiger partial charge in [0, 0.05) is 32.5 Å². The molecule has 0 saturated carbocycles. The van der Waals surface area contributed by atoms with Crippen molar-refractivity contribution in [2.45, 2.75) is 42.9 Å². The van der Waals surface area contributed by atoms with Crippen molar-refractivity contribution in [3.63, 3.8) is 0 Å². The molecule has 8 nitrogen and oxygen atoms in total. The maximum atomic E-state index is 13.1. The first-order valence-electron chi connectivity index (χ1n) is 9.34. The van der Waals surface area contributed by atoms with Gasteiger partial charge < -0.3 is 14.6 Å². The smallest absolute Gasteiger partial charge is 0.250 e. The molecular weight excluding hydrogens is 380 g/mol. The Bertz CT molecular complexity index is 993. The first-order valence-corrected chi connectivity index (χ1v) is 10.8. The number of nitrogens with one attached hydrogen (secondary N) is 1. The lowest BCUT2D eigenvalue weighted by atomic mass is 9.89. The number of likely N-dealkylation sites (N-methyl/N-ethyl adjacent to an activating group) is 1. The van der Waals surface area contributed by atoms with Gasteiger partial charge in [0.25, 0.3) is 5.91 Å². The van der Waals surface area contributed by atoms with Gasteiger partial charge in [0.2, 0.25) is 10.0 Å². The zero-order valence-electron chi connectivity index (χ0n) is 16.0. The summed E-state index contributed by atoms with van der Waals surface area (Å²) in [6, 6.07) is 7.00. The third-order valence-electron chi connectivity index (χ3n) is 5.63. The van der Waals surface area contributed by atoms with Crippen LogP contribution in [0.4, 0.5) is 0 Å². The first kappa shape index (κ1) is 19.1. The van der Waals surface area contributed by atoms with Crippen molar-refractivity contribution in [1.29, 1.82) is 0 Å². The van der Waals surface area contributed by atoms with Crippen molar-refractivity contribution in [2.24, 2.45) is 0 Å². The lowest BCUT2D eigenvalue weighted by Gasteiger charge is -2.45. The van der Waals surface area contributed by atoms with Crippen molar-refractivity contribution in [3.05, 3.63) is 48.0 Å². The predicted molar refractivity (Wildman–Crippen MR) is 102 cm³/mol. The number of rotatable bonds is 3. The van der Waals surface area contributed by atoms with Gasteiger partial charge in [-0.2, -0.15) is 4.31 Å². The second kappa shape index (κ2) is 6.98. The quantitative estimate of drug-likeness (QED) is 0.824. The SMILES string of the molecule is CNC(=O)C1Cn2ccnc2C2(CCN(S(=O)(=O)c3ccccc3C)CC2)O1. The number of nitrogens with zero attached hydrogens (tertiary/aromatic N) is 3. The van der Waals surface area contributed by atoms with Gasteiger partial charge in [0.05, 0.1) is 11.4 Å². The third kappa shape index (κ3) is 3.03. The molecule has 2 aliphatic rings. The Balaban J connectivity index is 1.60. The van der Waals surface area contributed by atoms with Crippen LogP contribution in [0, 0.1) is 6.92 Å². The van der Waals surface area contributed by atoms with Crippen molar-refractivity contribution in [3.8, 4) is 0 Å². The maximum absolute atomic E-state index is 13.1. The van der Waals surface area contributed by atoms with Crippen LogP contribution in [0.1, 0.15) is 24.2 Å². The summed E-state index contributed by atoms with van der Waals surface area (Å²) < 4.78 is 35.9. The zero-order valence-corrected chi connectivity index (χ0v) is 16.8. The number of hydrogen-bond donors (Lipinski definition) is 1. The monoisotopic (exact) mass is 404 g/mol. The van der Waals surface area contributed by atoms with Gasteiger partial charge in [-0.1, -0.05) is 18.2 Å². The summed E-state index contributed by atoms with van der Waals surface area (Å²) in [5.41, 5.74) is -0.0247. The molecule has 0 radical (unpaired) electrons. The van der Waals surface area contributed by atoms with E-state index in [9.17, 15) is 13.2 Å². The van der Waals surface area contributed by atoms with Crippen LogP contribution in [0.2, 0.25) is 0 Å². The van der Waals surface area contributed by atoms with Gasteiger partial charge in [-0.3, -0.25) is 4.79 Å². The predicted octanol–water partition coefficient (Wildman–Crippen LogP) is 1.02. The van der Waals surface area contributed by atoms with Gasteiger partial charge in [-0.05, 0) is 31.4 Å². The molecule has 28 heavy (non-hydrogen) atoms. The Morgan fingerprint density at radius 3 is 2.68 bits per heavy atom. The highest BCUT2D eigenvalue weighted by molar-refractivity contribution is 7.89. The minimum atomic E-state index is -3.58. The molecule has 1 unspecified atom stereocenters. The van der Waals surface area contributed by atoms with Crippen LogP contribution in [0.15, 0.2) is 41.6 Å². The van der Waals surface area contributed by atoms with E-state index >= 15 is 0 Å². The van der Waals surface area contributed by atoms with Crippen molar-refractivity contribution in [1.82, 2.24) is 19.2 Å². The van der Waals surface area contributed by atoms with E-state index < -0.39 is 21.7 Å². The summed E-state index contributed by atoms with van der Waals surface area (Å²) in [5, 5.41) is 2.64.